The van der Waals surface area contributed by atoms with Gasteiger partial charge in [0.2, 0.25) is 0 Å². The molecule has 1 N–H and O–H groups in total. The lowest BCUT2D eigenvalue weighted by Gasteiger charge is -2.01. The zero-order chi connectivity index (χ0) is 13.1. The average Bonchev–Trinajstić information content (AvgIpc) is 3.06. The molecule has 0 spiro atoms. The van der Waals surface area contributed by atoms with E-state index in [-0.39, 0.29) is 0 Å². The quantitative estimate of drug-likeness (QED) is 0.773. The Morgan fingerprint density at radius 3 is 3.00 bits per heavy atom. The summed E-state index contributed by atoms with van der Waals surface area (Å²) < 4.78 is 2.30. The summed E-state index contributed by atoms with van der Waals surface area (Å²) in [5.41, 5.74) is 2.70. The van der Waals surface area contributed by atoms with Gasteiger partial charge in [-0.3, -0.25) is 0 Å². The number of rotatable bonds is 5. The number of fused-ring (bicyclic) bond motifs is 1. The summed E-state index contributed by atoms with van der Waals surface area (Å²) in [6.45, 7) is 1.86. The van der Waals surface area contributed by atoms with Gasteiger partial charge >= 0.3 is 0 Å². The first-order valence-electron chi connectivity index (χ1n) is 6.48. The molecule has 98 valence electrons. The van der Waals surface area contributed by atoms with Gasteiger partial charge in [-0.25, -0.2) is 4.98 Å². The highest BCUT2D eigenvalue weighted by Crippen LogP contribution is 2.23. The first-order chi connectivity index (χ1) is 9.38. The molecule has 3 rings (SSSR count). The van der Waals surface area contributed by atoms with Crippen molar-refractivity contribution in [2.75, 3.05) is 13.6 Å². The van der Waals surface area contributed by atoms with Crippen LogP contribution in [-0.2, 0) is 13.0 Å². The second-order valence-electron chi connectivity index (χ2n) is 4.58. The van der Waals surface area contributed by atoms with E-state index in [2.05, 4.69) is 45.3 Å². The Labute approximate surface area is 116 Å². The molecule has 4 heteroatoms. The van der Waals surface area contributed by atoms with Gasteiger partial charge in [0.1, 0.15) is 5.01 Å². The highest BCUT2D eigenvalue weighted by Gasteiger charge is 2.08. The van der Waals surface area contributed by atoms with Crippen molar-refractivity contribution in [3.8, 4) is 0 Å². The van der Waals surface area contributed by atoms with Crippen LogP contribution in [-0.4, -0.2) is 23.1 Å². The Morgan fingerprint density at radius 1 is 1.32 bits per heavy atom. The van der Waals surface area contributed by atoms with Crippen LogP contribution in [0, 0.1) is 0 Å². The third kappa shape index (κ3) is 2.55. The Bertz CT molecular complexity index is 655. The van der Waals surface area contributed by atoms with Gasteiger partial charge < -0.3 is 9.88 Å². The maximum atomic E-state index is 4.38. The monoisotopic (exact) mass is 271 g/mol. The Balaban J connectivity index is 1.99. The number of nitrogens with zero attached hydrogens (tertiary/aromatic N) is 2. The maximum absolute atomic E-state index is 4.38. The van der Waals surface area contributed by atoms with Crippen LogP contribution in [0.5, 0.6) is 0 Å². The number of aromatic nitrogens is 2. The van der Waals surface area contributed by atoms with E-state index in [9.17, 15) is 0 Å². The van der Waals surface area contributed by atoms with Crippen molar-refractivity contribution >= 4 is 22.2 Å². The highest BCUT2D eigenvalue weighted by atomic mass is 32.1. The number of thiazole rings is 1. The first-order valence-corrected chi connectivity index (χ1v) is 7.36. The molecule has 0 amide bonds. The highest BCUT2D eigenvalue weighted by molar-refractivity contribution is 7.09. The molecule has 0 radical (unpaired) electrons. The van der Waals surface area contributed by atoms with Crippen LogP contribution in [0.4, 0.5) is 0 Å². The summed E-state index contributed by atoms with van der Waals surface area (Å²) >= 11 is 1.71. The first kappa shape index (κ1) is 12.4. The van der Waals surface area contributed by atoms with Gasteiger partial charge in [-0.1, -0.05) is 18.2 Å². The van der Waals surface area contributed by atoms with Crippen molar-refractivity contribution in [3.63, 3.8) is 0 Å². The second-order valence-corrected chi connectivity index (χ2v) is 5.56. The van der Waals surface area contributed by atoms with Crippen molar-refractivity contribution in [1.29, 1.82) is 0 Å². The summed E-state index contributed by atoms with van der Waals surface area (Å²) in [4.78, 5) is 4.38. The summed E-state index contributed by atoms with van der Waals surface area (Å²) in [5, 5.41) is 7.76. The van der Waals surface area contributed by atoms with Gasteiger partial charge in [0.15, 0.2) is 0 Å². The van der Waals surface area contributed by atoms with Crippen LogP contribution in [0.1, 0.15) is 10.6 Å². The molecule has 0 saturated carbocycles. The van der Waals surface area contributed by atoms with E-state index in [1.165, 1.54) is 16.5 Å². The summed E-state index contributed by atoms with van der Waals surface area (Å²) in [5.74, 6) is 0. The molecule has 0 unspecified atom stereocenters. The van der Waals surface area contributed by atoms with Crippen LogP contribution in [0.25, 0.3) is 10.9 Å². The lowest BCUT2D eigenvalue weighted by atomic mass is 10.1. The maximum Gasteiger partial charge on any atom is 0.112 e. The minimum atomic E-state index is 0.859. The van der Waals surface area contributed by atoms with E-state index in [0.717, 1.165) is 24.5 Å². The van der Waals surface area contributed by atoms with E-state index in [1.807, 2.05) is 18.6 Å². The van der Waals surface area contributed by atoms with Crippen LogP contribution in [0.3, 0.4) is 0 Å². The van der Waals surface area contributed by atoms with E-state index in [0.29, 0.717) is 0 Å². The van der Waals surface area contributed by atoms with Crippen LogP contribution in [0.15, 0.2) is 42.0 Å². The fourth-order valence-corrected chi connectivity index (χ4v) is 3.00. The third-order valence-electron chi connectivity index (χ3n) is 3.30. The van der Waals surface area contributed by atoms with Crippen molar-refractivity contribution in [1.82, 2.24) is 14.9 Å². The molecular weight excluding hydrogens is 254 g/mol. The van der Waals surface area contributed by atoms with E-state index in [1.54, 1.807) is 11.3 Å². The number of nitrogens with one attached hydrogen (secondary N) is 1. The van der Waals surface area contributed by atoms with Gasteiger partial charge in [0.05, 0.1) is 6.54 Å². The van der Waals surface area contributed by atoms with Crippen LogP contribution < -0.4 is 5.32 Å². The fourth-order valence-electron chi connectivity index (χ4n) is 2.39. The molecule has 19 heavy (non-hydrogen) atoms. The van der Waals surface area contributed by atoms with Crippen molar-refractivity contribution in [3.05, 3.63) is 52.6 Å². The Morgan fingerprint density at radius 2 is 2.21 bits per heavy atom. The molecule has 0 atom stereocenters. The molecule has 0 fully saturated rings. The Hall–Kier alpha value is -1.65. The molecule has 1 aromatic carbocycles. The zero-order valence-corrected chi connectivity index (χ0v) is 11.8. The zero-order valence-electron chi connectivity index (χ0n) is 11.0. The molecule has 0 aliphatic carbocycles. The van der Waals surface area contributed by atoms with Crippen molar-refractivity contribution in [2.24, 2.45) is 0 Å². The number of likely N-dealkylation sites (N-methyl/N-ethyl adjacent to an activating group) is 1. The number of hydrogen-bond donors (Lipinski definition) is 1. The van der Waals surface area contributed by atoms with Crippen LogP contribution in [0.2, 0.25) is 0 Å². The summed E-state index contributed by atoms with van der Waals surface area (Å²) in [6, 6.07) is 8.60. The minimum absolute atomic E-state index is 0.859. The molecule has 2 aromatic heterocycles. The lowest BCUT2D eigenvalue weighted by molar-refractivity contribution is 0.781. The van der Waals surface area contributed by atoms with Gasteiger partial charge in [0, 0.05) is 28.7 Å². The average molecular weight is 271 g/mol. The van der Waals surface area contributed by atoms with E-state index < -0.39 is 0 Å². The number of benzene rings is 1. The molecule has 3 aromatic rings. The van der Waals surface area contributed by atoms with Gasteiger partial charge in [0.25, 0.3) is 0 Å². The molecule has 2 heterocycles. The smallest absolute Gasteiger partial charge is 0.112 e. The van der Waals surface area contributed by atoms with Crippen molar-refractivity contribution in [2.45, 2.75) is 13.0 Å². The van der Waals surface area contributed by atoms with Crippen molar-refractivity contribution < 1.29 is 0 Å². The van der Waals surface area contributed by atoms with Gasteiger partial charge in [-0.15, -0.1) is 11.3 Å². The normalized spacial score (nSPS) is 11.2. The summed E-state index contributed by atoms with van der Waals surface area (Å²) in [7, 11) is 1.99. The van der Waals surface area contributed by atoms with Gasteiger partial charge in [-0.05, 0) is 31.6 Å². The van der Waals surface area contributed by atoms with Crippen LogP contribution >= 0.6 is 11.3 Å². The SMILES string of the molecule is CNCCc1cn(Cc2nccs2)c2ccccc12. The molecule has 0 aliphatic rings. The minimum Gasteiger partial charge on any atom is -0.340 e. The molecule has 0 bridgehead atoms. The molecule has 0 aliphatic heterocycles. The summed E-state index contributed by atoms with van der Waals surface area (Å²) in [6.07, 6.45) is 5.19. The third-order valence-corrected chi connectivity index (χ3v) is 4.07. The van der Waals surface area contributed by atoms with E-state index >= 15 is 0 Å². The molecule has 3 nitrogen and oxygen atoms in total. The van der Waals surface area contributed by atoms with E-state index in [4.69, 9.17) is 0 Å². The predicted octanol–water partition coefficient (Wildman–Crippen LogP) is 2.91. The largest absolute Gasteiger partial charge is 0.340 e. The Kier molecular flexibility index (Phi) is 3.62. The number of para-hydroxylation sites is 1. The second kappa shape index (κ2) is 5.55. The topological polar surface area (TPSA) is 29.9 Å². The fraction of sp³-hybridized carbons (Fsp3) is 0.267. The number of hydrogen-bond acceptors (Lipinski definition) is 3. The predicted molar refractivity (Wildman–Crippen MR) is 80.8 cm³/mol. The molecule has 0 saturated heterocycles. The van der Waals surface area contributed by atoms with Gasteiger partial charge in [-0.2, -0.15) is 0 Å². The molecular formula is C15H17N3S. The lowest BCUT2D eigenvalue weighted by Crippen LogP contribution is -2.10. The standard InChI is InChI=1S/C15H17N3S/c1-16-7-6-12-10-18(11-15-17-8-9-19-15)14-5-3-2-4-13(12)14/h2-5,8-10,16H,6-7,11H2,1H3.